The van der Waals surface area contributed by atoms with Crippen LogP contribution in [0.5, 0.6) is 0 Å². The third-order valence-electron chi connectivity index (χ3n) is 4.28. The Hall–Kier alpha value is -0.930. The standard InChI is InChI=1S/C17H27FN2/c1-3-16-7-5-6-10-20(16)13-15-11-14(12-19-4-2)8-9-17(15)18/h8-9,11,16,19H,3-7,10,12-13H2,1-2H3. The van der Waals surface area contributed by atoms with Crippen LogP contribution in [0.25, 0.3) is 0 Å². The van der Waals surface area contributed by atoms with Gasteiger partial charge < -0.3 is 5.32 Å². The first-order valence-electron chi connectivity index (χ1n) is 7.96. The lowest BCUT2D eigenvalue weighted by Gasteiger charge is -2.35. The molecule has 3 heteroatoms. The Labute approximate surface area is 122 Å². The minimum atomic E-state index is -0.0642. The quantitative estimate of drug-likeness (QED) is 0.853. The topological polar surface area (TPSA) is 15.3 Å². The first-order valence-corrected chi connectivity index (χ1v) is 7.96. The summed E-state index contributed by atoms with van der Waals surface area (Å²) in [5, 5.41) is 3.30. The van der Waals surface area contributed by atoms with E-state index in [1.165, 1.54) is 31.2 Å². The molecule has 0 saturated carbocycles. The van der Waals surface area contributed by atoms with Crippen LogP contribution in [-0.4, -0.2) is 24.0 Å². The highest BCUT2D eigenvalue weighted by atomic mass is 19.1. The number of benzene rings is 1. The molecule has 1 fully saturated rings. The third kappa shape index (κ3) is 4.03. The van der Waals surface area contributed by atoms with Gasteiger partial charge in [0.25, 0.3) is 0 Å². The maximum atomic E-state index is 14.0. The van der Waals surface area contributed by atoms with E-state index in [4.69, 9.17) is 0 Å². The van der Waals surface area contributed by atoms with Crippen molar-refractivity contribution in [1.29, 1.82) is 0 Å². The van der Waals surface area contributed by atoms with Gasteiger partial charge in [-0.2, -0.15) is 0 Å². The molecule has 1 N–H and O–H groups in total. The number of piperidine rings is 1. The van der Waals surface area contributed by atoms with Gasteiger partial charge in [0.2, 0.25) is 0 Å². The second kappa shape index (κ2) is 7.75. The molecule has 0 bridgehead atoms. The molecular formula is C17H27FN2. The normalized spacial score (nSPS) is 20.2. The van der Waals surface area contributed by atoms with Crippen LogP contribution in [0.15, 0.2) is 18.2 Å². The lowest BCUT2D eigenvalue weighted by Crippen LogP contribution is -2.38. The summed E-state index contributed by atoms with van der Waals surface area (Å²) in [6.07, 6.45) is 4.99. The number of likely N-dealkylation sites (tertiary alicyclic amines) is 1. The van der Waals surface area contributed by atoms with Crippen LogP contribution in [0, 0.1) is 5.82 Å². The summed E-state index contributed by atoms with van der Waals surface area (Å²) in [4.78, 5) is 2.46. The molecular weight excluding hydrogens is 251 g/mol. The molecule has 0 aliphatic carbocycles. The summed E-state index contributed by atoms with van der Waals surface area (Å²) in [6, 6.07) is 6.15. The number of halogens is 1. The molecule has 1 aliphatic heterocycles. The molecule has 1 saturated heterocycles. The molecule has 0 spiro atoms. The Morgan fingerprint density at radius 1 is 1.30 bits per heavy atom. The molecule has 112 valence electrons. The van der Waals surface area contributed by atoms with Gasteiger partial charge in [-0.3, -0.25) is 4.90 Å². The van der Waals surface area contributed by atoms with Crippen LogP contribution in [-0.2, 0) is 13.1 Å². The summed E-state index contributed by atoms with van der Waals surface area (Å²) in [6.45, 7) is 7.95. The van der Waals surface area contributed by atoms with E-state index < -0.39 is 0 Å². The van der Waals surface area contributed by atoms with Crippen molar-refractivity contribution < 1.29 is 4.39 Å². The fourth-order valence-corrected chi connectivity index (χ4v) is 3.08. The lowest BCUT2D eigenvalue weighted by atomic mass is 9.99. The summed E-state index contributed by atoms with van der Waals surface area (Å²) in [7, 11) is 0. The Bertz CT molecular complexity index is 419. The van der Waals surface area contributed by atoms with Crippen molar-refractivity contribution in [1.82, 2.24) is 10.2 Å². The SMILES string of the molecule is CCNCc1ccc(F)c(CN2CCCCC2CC)c1. The maximum Gasteiger partial charge on any atom is 0.127 e. The fraction of sp³-hybridized carbons (Fsp3) is 0.647. The molecule has 1 heterocycles. The molecule has 2 rings (SSSR count). The maximum absolute atomic E-state index is 14.0. The van der Waals surface area contributed by atoms with E-state index in [0.29, 0.717) is 6.04 Å². The van der Waals surface area contributed by atoms with Gasteiger partial charge in [0.15, 0.2) is 0 Å². The van der Waals surface area contributed by atoms with Crippen LogP contribution in [0.3, 0.4) is 0 Å². The van der Waals surface area contributed by atoms with Crippen LogP contribution >= 0.6 is 0 Å². The van der Waals surface area contributed by atoms with E-state index in [1.807, 2.05) is 12.1 Å². The van der Waals surface area contributed by atoms with Crippen molar-refractivity contribution >= 4 is 0 Å². The van der Waals surface area contributed by atoms with Crippen LogP contribution in [0.4, 0.5) is 4.39 Å². The highest BCUT2D eigenvalue weighted by Gasteiger charge is 2.21. The van der Waals surface area contributed by atoms with Crippen molar-refractivity contribution in [3.8, 4) is 0 Å². The highest BCUT2D eigenvalue weighted by Crippen LogP contribution is 2.23. The molecule has 1 atom stereocenters. The molecule has 0 radical (unpaired) electrons. The third-order valence-corrected chi connectivity index (χ3v) is 4.28. The molecule has 1 aromatic rings. The summed E-state index contributed by atoms with van der Waals surface area (Å²) < 4.78 is 14.0. The fourth-order valence-electron chi connectivity index (χ4n) is 3.08. The molecule has 1 unspecified atom stereocenters. The van der Waals surface area contributed by atoms with Gasteiger partial charge in [-0.05, 0) is 44.0 Å². The zero-order chi connectivity index (χ0) is 14.4. The average Bonchev–Trinajstić information content (AvgIpc) is 2.48. The number of nitrogens with zero attached hydrogens (tertiary/aromatic N) is 1. The summed E-state index contributed by atoms with van der Waals surface area (Å²) in [5.41, 5.74) is 2.02. The minimum Gasteiger partial charge on any atom is -0.313 e. The number of hydrogen-bond acceptors (Lipinski definition) is 2. The van der Waals surface area contributed by atoms with Gasteiger partial charge in [-0.1, -0.05) is 32.4 Å². The van der Waals surface area contributed by atoms with Crippen molar-refractivity contribution in [2.24, 2.45) is 0 Å². The first-order chi connectivity index (χ1) is 9.74. The van der Waals surface area contributed by atoms with E-state index in [2.05, 4.69) is 24.1 Å². The van der Waals surface area contributed by atoms with E-state index in [0.717, 1.165) is 31.7 Å². The van der Waals surface area contributed by atoms with Gasteiger partial charge in [0, 0.05) is 24.7 Å². The van der Waals surface area contributed by atoms with E-state index in [9.17, 15) is 4.39 Å². The zero-order valence-electron chi connectivity index (χ0n) is 12.8. The van der Waals surface area contributed by atoms with Gasteiger partial charge in [-0.25, -0.2) is 4.39 Å². The number of rotatable bonds is 6. The second-order valence-corrected chi connectivity index (χ2v) is 5.73. The Morgan fingerprint density at radius 3 is 2.90 bits per heavy atom. The average molecular weight is 278 g/mol. The van der Waals surface area contributed by atoms with Crippen molar-refractivity contribution in [2.45, 2.75) is 58.7 Å². The minimum absolute atomic E-state index is 0.0642. The number of nitrogens with one attached hydrogen (secondary N) is 1. The second-order valence-electron chi connectivity index (χ2n) is 5.73. The van der Waals surface area contributed by atoms with Crippen LogP contribution < -0.4 is 5.32 Å². The van der Waals surface area contributed by atoms with Gasteiger partial charge in [0.05, 0.1) is 0 Å². The molecule has 20 heavy (non-hydrogen) atoms. The molecule has 0 aromatic heterocycles. The Balaban J connectivity index is 2.06. The smallest absolute Gasteiger partial charge is 0.127 e. The largest absolute Gasteiger partial charge is 0.313 e. The zero-order valence-corrected chi connectivity index (χ0v) is 12.8. The van der Waals surface area contributed by atoms with E-state index in [-0.39, 0.29) is 5.82 Å². The van der Waals surface area contributed by atoms with Gasteiger partial charge >= 0.3 is 0 Å². The van der Waals surface area contributed by atoms with Crippen LogP contribution in [0.1, 0.15) is 50.7 Å². The Morgan fingerprint density at radius 2 is 2.15 bits per heavy atom. The van der Waals surface area contributed by atoms with Gasteiger partial charge in [-0.15, -0.1) is 0 Å². The van der Waals surface area contributed by atoms with E-state index >= 15 is 0 Å². The predicted molar refractivity (Wildman–Crippen MR) is 82.1 cm³/mol. The molecule has 1 aromatic carbocycles. The molecule has 1 aliphatic rings. The van der Waals surface area contributed by atoms with E-state index in [1.54, 1.807) is 6.07 Å². The monoisotopic (exact) mass is 278 g/mol. The van der Waals surface area contributed by atoms with Gasteiger partial charge in [0.1, 0.15) is 5.82 Å². The Kier molecular flexibility index (Phi) is 5.99. The summed E-state index contributed by atoms with van der Waals surface area (Å²) in [5.74, 6) is -0.0642. The highest BCUT2D eigenvalue weighted by molar-refractivity contribution is 5.25. The first kappa shape index (κ1) is 15.5. The van der Waals surface area contributed by atoms with Crippen LogP contribution in [0.2, 0.25) is 0 Å². The molecule has 2 nitrogen and oxygen atoms in total. The van der Waals surface area contributed by atoms with Crippen molar-refractivity contribution in [3.63, 3.8) is 0 Å². The number of hydrogen-bond donors (Lipinski definition) is 1. The van der Waals surface area contributed by atoms with Crippen molar-refractivity contribution in [3.05, 3.63) is 35.1 Å². The predicted octanol–water partition coefficient (Wildman–Crippen LogP) is 3.70. The lowest BCUT2D eigenvalue weighted by molar-refractivity contribution is 0.134. The summed E-state index contributed by atoms with van der Waals surface area (Å²) >= 11 is 0. The molecule has 0 amide bonds. The van der Waals surface area contributed by atoms with Crippen molar-refractivity contribution in [2.75, 3.05) is 13.1 Å².